The van der Waals surface area contributed by atoms with Gasteiger partial charge in [0.1, 0.15) is 6.04 Å². The van der Waals surface area contributed by atoms with Gasteiger partial charge in [0.15, 0.2) is 0 Å². The molecule has 4 nitrogen and oxygen atoms in total. The van der Waals surface area contributed by atoms with Crippen LogP contribution < -0.4 is 10.6 Å². The Kier molecular flexibility index (Phi) is 8.71. The quantitative estimate of drug-likeness (QED) is 0.632. The third kappa shape index (κ3) is 6.50. The maximum atomic E-state index is 12.5. The summed E-state index contributed by atoms with van der Waals surface area (Å²) in [5, 5.41) is 5.80. The predicted octanol–water partition coefficient (Wildman–Crippen LogP) is 3.66. The number of thioether (sulfide) groups is 1. The summed E-state index contributed by atoms with van der Waals surface area (Å²) in [5.74, 6) is 0.407. The van der Waals surface area contributed by atoms with E-state index >= 15 is 0 Å². The number of carbonyl (C=O) groups is 2. The first-order chi connectivity index (χ1) is 12.6. The molecule has 2 amide bonds. The zero-order valence-electron chi connectivity index (χ0n) is 14.7. The summed E-state index contributed by atoms with van der Waals surface area (Å²) in [6, 6.07) is 16.7. The lowest BCUT2D eigenvalue weighted by Crippen LogP contribution is -2.47. The van der Waals surface area contributed by atoms with E-state index in [4.69, 9.17) is 0 Å². The van der Waals surface area contributed by atoms with Gasteiger partial charge in [-0.25, -0.2) is 0 Å². The van der Waals surface area contributed by atoms with Crippen molar-refractivity contribution in [1.29, 1.82) is 0 Å². The summed E-state index contributed by atoms with van der Waals surface area (Å²) in [5.41, 5.74) is 1.70. The Hall–Kier alpha value is -1.79. The highest BCUT2D eigenvalue weighted by molar-refractivity contribution is 9.10. The number of benzene rings is 2. The van der Waals surface area contributed by atoms with Crippen molar-refractivity contribution in [1.82, 2.24) is 10.6 Å². The summed E-state index contributed by atoms with van der Waals surface area (Å²) in [6.45, 7) is 0.545. The van der Waals surface area contributed by atoms with Gasteiger partial charge in [-0.1, -0.05) is 42.5 Å². The average Bonchev–Trinajstić information content (AvgIpc) is 2.66. The van der Waals surface area contributed by atoms with Crippen molar-refractivity contribution in [2.45, 2.75) is 18.9 Å². The minimum absolute atomic E-state index is 0.143. The molecule has 0 aliphatic rings. The Morgan fingerprint density at radius 3 is 2.46 bits per heavy atom. The van der Waals surface area contributed by atoms with Crippen molar-refractivity contribution >= 4 is 39.5 Å². The molecular weight excluding hydrogens is 412 g/mol. The Bertz CT molecular complexity index is 725. The third-order valence-corrected chi connectivity index (χ3v) is 5.24. The zero-order chi connectivity index (χ0) is 18.8. The van der Waals surface area contributed by atoms with Crippen LogP contribution in [0.1, 0.15) is 22.3 Å². The van der Waals surface area contributed by atoms with Crippen molar-refractivity contribution in [3.05, 3.63) is 70.2 Å². The molecule has 0 saturated heterocycles. The Morgan fingerprint density at radius 2 is 1.77 bits per heavy atom. The average molecular weight is 435 g/mol. The van der Waals surface area contributed by atoms with E-state index in [2.05, 4.69) is 26.6 Å². The molecule has 0 bridgehead atoms. The second-order valence-corrected chi connectivity index (χ2v) is 7.65. The van der Waals surface area contributed by atoms with Crippen LogP contribution >= 0.6 is 27.7 Å². The van der Waals surface area contributed by atoms with Crippen LogP contribution in [0.3, 0.4) is 0 Å². The van der Waals surface area contributed by atoms with E-state index < -0.39 is 6.04 Å². The first kappa shape index (κ1) is 20.5. The first-order valence-electron chi connectivity index (χ1n) is 8.47. The lowest BCUT2D eigenvalue weighted by atomic mass is 10.1. The second-order valence-electron chi connectivity index (χ2n) is 5.81. The predicted molar refractivity (Wildman–Crippen MR) is 112 cm³/mol. The van der Waals surface area contributed by atoms with Gasteiger partial charge in [0.25, 0.3) is 5.91 Å². The molecule has 26 heavy (non-hydrogen) atoms. The van der Waals surface area contributed by atoms with Gasteiger partial charge in [-0.15, -0.1) is 0 Å². The van der Waals surface area contributed by atoms with E-state index in [-0.39, 0.29) is 11.8 Å². The maximum Gasteiger partial charge on any atom is 0.253 e. The molecule has 0 spiro atoms. The minimum atomic E-state index is -0.544. The molecule has 0 aliphatic heterocycles. The number of carbonyl (C=O) groups excluding carboxylic acids is 2. The van der Waals surface area contributed by atoms with E-state index in [1.165, 1.54) is 5.56 Å². The molecule has 0 heterocycles. The largest absolute Gasteiger partial charge is 0.354 e. The van der Waals surface area contributed by atoms with E-state index in [0.29, 0.717) is 23.0 Å². The highest BCUT2D eigenvalue weighted by Crippen LogP contribution is 2.16. The van der Waals surface area contributed by atoms with E-state index in [1.54, 1.807) is 23.9 Å². The van der Waals surface area contributed by atoms with Crippen LogP contribution in [0.2, 0.25) is 0 Å². The molecule has 6 heteroatoms. The minimum Gasteiger partial charge on any atom is -0.354 e. The Labute approximate surface area is 167 Å². The second kappa shape index (κ2) is 11.0. The number of hydrogen-bond donors (Lipinski definition) is 2. The van der Waals surface area contributed by atoms with Gasteiger partial charge in [-0.2, -0.15) is 11.8 Å². The van der Waals surface area contributed by atoms with Gasteiger partial charge in [0, 0.05) is 11.0 Å². The van der Waals surface area contributed by atoms with Crippen molar-refractivity contribution in [2.75, 3.05) is 18.6 Å². The van der Waals surface area contributed by atoms with Crippen LogP contribution in [0.4, 0.5) is 0 Å². The van der Waals surface area contributed by atoms with Crippen LogP contribution in [0.25, 0.3) is 0 Å². The number of rotatable bonds is 9. The Balaban J connectivity index is 1.93. The molecule has 2 rings (SSSR count). The number of nitrogens with one attached hydrogen (secondary N) is 2. The molecule has 0 fully saturated rings. The summed E-state index contributed by atoms with van der Waals surface area (Å²) < 4.78 is 0.714. The topological polar surface area (TPSA) is 58.2 Å². The van der Waals surface area contributed by atoms with Crippen molar-refractivity contribution in [3.8, 4) is 0 Å². The van der Waals surface area contributed by atoms with Crippen LogP contribution in [0.15, 0.2) is 59.1 Å². The van der Waals surface area contributed by atoms with Gasteiger partial charge < -0.3 is 10.6 Å². The van der Waals surface area contributed by atoms with Gasteiger partial charge in [0.2, 0.25) is 5.91 Å². The van der Waals surface area contributed by atoms with Crippen molar-refractivity contribution in [2.24, 2.45) is 0 Å². The lowest BCUT2D eigenvalue weighted by molar-refractivity contribution is -0.122. The van der Waals surface area contributed by atoms with E-state index in [9.17, 15) is 9.59 Å². The fraction of sp³-hybridized carbons (Fsp3) is 0.300. The van der Waals surface area contributed by atoms with E-state index in [1.807, 2.05) is 48.7 Å². The lowest BCUT2D eigenvalue weighted by Gasteiger charge is -2.18. The molecule has 2 aromatic carbocycles. The number of hydrogen-bond acceptors (Lipinski definition) is 3. The summed E-state index contributed by atoms with van der Waals surface area (Å²) in [6.07, 6.45) is 3.34. The highest BCUT2D eigenvalue weighted by atomic mass is 79.9. The smallest absolute Gasteiger partial charge is 0.253 e. The van der Waals surface area contributed by atoms with Crippen LogP contribution in [-0.4, -0.2) is 36.4 Å². The SMILES string of the molecule is CSCCC(NC(=O)c1ccccc1Br)C(=O)NCCc1ccccc1. The fourth-order valence-electron chi connectivity index (χ4n) is 2.48. The van der Waals surface area contributed by atoms with Crippen LogP contribution in [0.5, 0.6) is 0 Å². The number of amides is 2. The van der Waals surface area contributed by atoms with Crippen molar-refractivity contribution in [3.63, 3.8) is 0 Å². The molecule has 0 saturated carbocycles. The van der Waals surface area contributed by atoms with Crippen LogP contribution in [-0.2, 0) is 11.2 Å². The fourth-order valence-corrected chi connectivity index (χ4v) is 3.42. The monoisotopic (exact) mass is 434 g/mol. The van der Waals surface area contributed by atoms with Gasteiger partial charge in [0.05, 0.1) is 5.56 Å². The molecule has 1 unspecified atom stereocenters. The molecule has 0 radical (unpaired) electrons. The molecule has 0 aromatic heterocycles. The Morgan fingerprint density at radius 1 is 1.08 bits per heavy atom. The maximum absolute atomic E-state index is 12.5. The summed E-state index contributed by atoms with van der Waals surface area (Å²) >= 11 is 5.03. The molecule has 138 valence electrons. The first-order valence-corrected chi connectivity index (χ1v) is 10.7. The van der Waals surface area contributed by atoms with Gasteiger partial charge in [-0.05, 0) is 58.5 Å². The molecule has 0 aliphatic carbocycles. The highest BCUT2D eigenvalue weighted by Gasteiger charge is 2.21. The number of halogens is 1. The standard InChI is InChI=1S/C20H23BrN2O2S/c1-26-14-12-18(23-19(24)16-9-5-6-10-17(16)21)20(25)22-13-11-15-7-3-2-4-8-15/h2-10,18H,11-14H2,1H3,(H,22,25)(H,23,24). The van der Waals surface area contributed by atoms with Crippen LogP contribution in [0, 0.1) is 0 Å². The summed E-state index contributed by atoms with van der Waals surface area (Å²) in [7, 11) is 0. The molecule has 2 N–H and O–H groups in total. The van der Waals surface area contributed by atoms with Gasteiger partial charge in [-0.3, -0.25) is 9.59 Å². The molecular formula is C20H23BrN2O2S. The molecule has 1 atom stereocenters. The van der Waals surface area contributed by atoms with Gasteiger partial charge >= 0.3 is 0 Å². The van der Waals surface area contributed by atoms with Crippen molar-refractivity contribution < 1.29 is 9.59 Å². The normalized spacial score (nSPS) is 11.6. The molecule has 2 aromatic rings. The van der Waals surface area contributed by atoms with E-state index in [0.717, 1.165) is 12.2 Å². The summed E-state index contributed by atoms with van der Waals surface area (Å²) in [4.78, 5) is 25.1. The third-order valence-electron chi connectivity index (χ3n) is 3.91. The zero-order valence-corrected chi connectivity index (χ0v) is 17.1.